The lowest BCUT2D eigenvalue weighted by Crippen LogP contribution is -2.37. The topological polar surface area (TPSA) is 72.7 Å². The van der Waals surface area contributed by atoms with Crippen molar-refractivity contribution in [3.05, 3.63) is 33.9 Å². The lowest BCUT2D eigenvalue weighted by molar-refractivity contribution is -0.385. The van der Waals surface area contributed by atoms with Crippen LogP contribution in [0.25, 0.3) is 0 Å². The summed E-state index contributed by atoms with van der Waals surface area (Å²) in [5.41, 5.74) is 0.549. The van der Waals surface area contributed by atoms with E-state index in [0.29, 0.717) is 5.56 Å². The molecule has 1 saturated heterocycles. The maximum absolute atomic E-state index is 13.0. The smallest absolute Gasteiger partial charge is 0.311 e. The third-order valence-electron chi connectivity index (χ3n) is 5.30. The van der Waals surface area contributed by atoms with Crippen molar-refractivity contribution in [1.82, 2.24) is 4.90 Å². The number of rotatable bonds is 3. The third kappa shape index (κ3) is 2.85. The van der Waals surface area contributed by atoms with Crippen molar-refractivity contribution in [3.8, 4) is 5.75 Å². The number of ether oxygens (including phenoxy) is 1. The van der Waals surface area contributed by atoms with Gasteiger partial charge in [-0.2, -0.15) is 0 Å². The Labute approximate surface area is 141 Å². The molecule has 1 amide bonds. The standard InChI is InChI=1S/C18H24N2O4/c1-17(2)8-13-9-18(3,10-17)11-19(13)16(21)12-5-6-15(24-4)14(7-12)20(22)23/h5-7,13H,8-11H2,1-4H3/t13-,18+/m1/s1. The third-order valence-corrected chi connectivity index (χ3v) is 5.30. The molecule has 1 heterocycles. The molecule has 2 bridgehead atoms. The molecule has 0 N–H and O–H groups in total. The molecule has 1 aromatic carbocycles. The molecule has 2 aliphatic rings. The van der Waals surface area contributed by atoms with Crippen molar-refractivity contribution in [2.45, 2.75) is 46.1 Å². The summed E-state index contributed by atoms with van der Waals surface area (Å²) in [6.07, 6.45) is 3.09. The fourth-order valence-corrected chi connectivity index (χ4v) is 4.83. The van der Waals surface area contributed by atoms with Crippen LogP contribution in [0, 0.1) is 20.9 Å². The van der Waals surface area contributed by atoms with Gasteiger partial charge in [-0.05, 0) is 42.2 Å². The second-order valence-corrected chi connectivity index (χ2v) is 8.29. The van der Waals surface area contributed by atoms with E-state index in [0.717, 1.165) is 25.8 Å². The number of nitrogens with zero attached hydrogens (tertiary/aromatic N) is 2. The fourth-order valence-electron chi connectivity index (χ4n) is 4.83. The number of hydrogen-bond acceptors (Lipinski definition) is 4. The van der Waals surface area contributed by atoms with Gasteiger partial charge in [0.25, 0.3) is 5.91 Å². The van der Waals surface area contributed by atoms with Crippen LogP contribution in [0.15, 0.2) is 18.2 Å². The second-order valence-electron chi connectivity index (χ2n) is 8.29. The molecule has 6 nitrogen and oxygen atoms in total. The molecular weight excluding hydrogens is 308 g/mol. The minimum atomic E-state index is -0.512. The minimum Gasteiger partial charge on any atom is -0.490 e. The zero-order valence-electron chi connectivity index (χ0n) is 14.7. The Morgan fingerprint density at radius 1 is 1.33 bits per heavy atom. The van der Waals surface area contributed by atoms with E-state index < -0.39 is 4.92 Å². The quantitative estimate of drug-likeness (QED) is 0.625. The Kier molecular flexibility index (Phi) is 3.81. The summed E-state index contributed by atoms with van der Waals surface area (Å²) in [4.78, 5) is 25.6. The minimum absolute atomic E-state index is 0.118. The van der Waals surface area contributed by atoms with E-state index in [1.54, 1.807) is 6.07 Å². The van der Waals surface area contributed by atoms with E-state index in [1.807, 2.05) is 4.90 Å². The van der Waals surface area contributed by atoms with Gasteiger partial charge >= 0.3 is 5.69 Å². The molecule has 3 rings (SSSR count). The summed E-state index contributed by atoms with van der Waals surface area (Å²) in [5.74, 6) is 0.0528. The van der Waals surface area contributed by atoms with E-state index in [9.17, 15) is 14.9 Å². The zero-order valence-corrected chi connectivity index (χ0v) is 14.7. The van der Waals surface area contributed by atoms with E-state index in [2.05, 4.69) is 20.8 Å². The van der Waals surface area contributed by atoms with Gasteiger partial charge < -0.3 is 9.64 Å². The number of benzene rings is 1. The lowest BCUT2D eigenvalue weighted by atomic mass is 9.65. The molecule has 1 aliphatic heterocycles. The Morgan fingerprint density at radius 2 is 2.04 bits per heavy atom. The number of hydrogen-bond donors (Lipinski definition) is 0. The molecule has 24 heavy (non-hydrogen) atoms. The van der Waals surface area contributed by atoms with Gasteiger partial charge in [-0.25, -0.2) is 0 Å². The van der Waals surface area contributed by atoms with Crippen LogP contribution in [0.5, 0.6) is 5.75 Å². The van der Waals surface area contributed by atoms with Crippen molar-refractivity contribution in [2.24, 2.45) is 10.8 Å². The number of nitro groups is 1. The highest BCUT2D eigenvalue weighted by Crippen LogP contribution is 2.52. The monoisotopic (exact) mass is 332 g/mol. The molecule has 2 fully saturated rings. The van der Waals surface area contributed by atoms with Crippen molar-refractivity contribution >= 4 is 11.6 Å². The van der Waals surface area contributed by atoms with Crippen molar-refractivity contribution in [2.75, 3.05) is 13.7 Å². The van der Waals surface area contributed by atoms with Crippen LogP contribution in [0.2, 0.25) is 0 Å². The molecule has 130 valence electrons. The summed E-state index contributed by atoms with van der Waals surface area (Å²) in [6, 6.07) is 4.66. The molecular formula is C18H24N2O4. The number of likely N-dealkylation sites (tertiary alicyclic amines) is 1. The Hall–Kier alpha value is -2.11. The summed E-state index contributed by atoms with van der Waals surface area (Å²) >= 11 is 0. The van der Waals surface area contributed by atoms with Gasteiger partial charge in [0.05, 0.1) is 12.0 Å². The maximum atomic E-state index is 13.0. The Morgan fingerprint density at radius 3 is 2.67 bits per heavy atom. The van der Waals surface area contributed by atoms with Gasteiger partial charge in [0.2, 0.25) is 0 Å². The van der Waals surface area contributed by atoms with Crippen LogP contribution in [-0.4, -0.2) is 35.4 Å². The summed E-state index contributed by atoms with van der Waals surface area (Å²) < 4.78 is 5.01. The van der Waals surface area contributed by atoms with E-state index in [4.69, 9.17) is 4.74 Å². The largest absolute Gasteiger partial charge is 0.490 e. The zero-order chi connectivity index (χ0) is 17.7. The molecule has 1 saturated carbocycles. The SMILES string of the molecule is COc1ccc(C(=O)N2C[C@@]3(C)C[C@H]2CC(C)(C)C3)cc1[N+](=O)[O-]. The highest BCUT2D eigenvalue weighted by Gasteiger charge is 2.51. The predicted molar refractivity (Wildman–Crippen MR) is 90.2 cm³/mol. The van der Waals surface area contributed by atoms with Crippen LogP contribution in [0.3, 0.4) is 0 Å². The predicted octanol–water partition coefficient (Wildman–Crippen LogP) is 3.64. The van der Waals surface area contributed by atoms with Gasteiger partial charge in [0.1, 0.15) is 0 Å². The normalized spacial score (nSPS) is 27.8. The average Bonchev–Trinajstić information content (AvgIpc) is 2.74. The number of methoxy groups -OCH3 is 1. The number of amides is 1. The van der Waals surface area contributed by atoms with Crippen molar-refractivity contribution < 1.29 is 14.5 Å². The van der Waals surface area contributed by atoms with Crippen LogP contribution in [-0.2, 0) is 0 Å². The first kappa shape index (κ1) is 16.7. The number of fused-ring (bicyclic) bond motifs is 2. The first-order valence-electron chi connectivity index (χ1n) is 8.28. The van der Waals surface area contributed by atoms with Crippen LogP contribution in [0.1, 0.15) is 50.4 Å². The van der Waals surface area contributed by atoms with Gasteiger partial charge in [-0.3, -0.25) is 14.9 Å². The van der Waals surface area contributed by atoms with Crippen LogP contribution < -0.4 is 4.74 Å². The molecule has 6 heteroatoms. The van der Waals surface area contributed by atoms with Gasteiger partial charge in [0.15, 0.2) is 5.75 Å². The summed E-state index contributed by atoms with van der Waals surface area (Å²) in [6.45, 7) is 7.47. The molecule has 1 aliphatic carbocycles. The van der Waals surface area contributed by atoms with E-state index >= 15 is 0 Å². The second kappa shape index (κ2) is 5.46. The summed E-state index contributed by atoms with van der Waals surface area (Å²) in [7, 11) is 1.39. The van der Waals surface area contributed by atoms with Crippen molar-refractivity contribution in [3.63, 3.8) is 0 Å². The highest BCUT2D eigenvalue weighted by atomic mass is 16.6. The number of carbonyl (C=O) groups is 1. The van der Waals surface area contributed by atoms with Gasteiger partial charge in [0, 0.05) is 24.2 Å². The Bertz CT molecular complexity index is 700. The summed E-state index contributed by atoms with van der Waals surface area (Å²) in [5, 5.41) is 11.2. The van der Waals surface area contributed by atoms with Crippen LogP contribution >= 0.6 is 0 Å². The first-order valence-corrected chi connectivity index (χ1v) is 8.28. The molecule has 0 radical (unpaired) electrons. The number of nitro benzene ring substituents is 1. The lowest BCUT2D eigenvalue weighted by Gasteiger charge is -2.39. The average molecular weight is 332 g/mol. The molecule has 0 spiro atoms. The van der Waals surface area contributed by atoms with Crippen molar-refractivity contribution in [1.29, 1.82) is 0 Å². The molecule has 2 atom stereocenters. The molecule has 1 aromatic rings. The molecule has 0 aromatic heterocycles. The van der Waals surface area contributed by atoms with Gasteiger partial charge in [-0.15, -0.1) is 0 Å². The number of carbonyl (C=O) groups excluding carboxylic acids is 1. The van der Waals surface area contributed by atoms with Gasteiger partial charge in [-0.1, -0.05) is 20.8 Å². The molecule has 0 unspecified atom stereocenters. The van der Waals surface area contributed by atoms with E-state index in [1.165, 1.54) is 19.2 Å². The fraction of sp³-hybridized carbons (Fsp3) is 0.611. The highest BCUT2D eigenvalue weighted by molar-refractivity contribution is 5.95. The van der Waals surface area contributed by atoms with Crippen LogP contribution in [0.4, 0.5) is 5.69 Å². The first-order chi connectivity index (χ1) is 11.1. The maximum Gasteiger partial charge on any atom is 0.311 e. The van der Waals surface area contributed by atoms with E-state index in [-0.39, 0.29) is 34.2 Å². The Balaban J connectivity index is 1.90.